The van der Waals surface area contributed by atoms with E-state index >= 15 is 0 Å². The molecule has 0 radical (unpaired) electrons. The number of likely N-dealkylation sites (N-methyl/N-ethyl adjacent to an activating group) is 1. The van der Waals surface area contributed by atoms with E-state index in [-0.39, 0.29) is 6.04 Å². The van der Waals surface area contributed by atoms with Gasteiger partial charge in [-0.3, -0.25) is 4.68 Å². The van der Waals surface area contributed by atoms with Crippen molar-refractivity contribution in [3.05, 3.63) is 11.9 Å². The van der Waals surface area contributed by atoms with Gasteiger partial charge in [-0.05, 0) is 34.0 Å². The molecule has 1 unspecified atom stereocenters. The van der Waals surface area contributed by atoms with Crippen LogP contribution in [0.1, 0.15) is 31.5 Å². The molecule has 122 valence electrons. The van der Waals surface area contributed by atoms with Crippen LogP contribution in [0.5, 0.6) is 5.75 Å². The van der Waals surface area contributed by atoms with Gasteiger partial charge in [0.25, 0.3) is 0 Å². The lowest BCUT2D eigenvalue weighted by molar-refractivity contribution is 0.124. The van der Waals surface area contributed by atoms with E-state index < -0.39 is 0 Å². The van der Waals surface area contributed by atoms with Crippen LogP contribution in [0.2, 0.25) is 0 Å². The molecule has 6 heteroatoms. The van der Waals surface area contributed by atoms with E-state index in [1.54, 1.807) is 13.3 Å². The number of nitrogens with one attached hydrogen (secondary N) is 1. The first-order valence-electron chi connectivity index (χ1n) is 7.63. The van der Waals surface area contributed by atoms with Crippen molar-refractivity contribution in [1.82, 2.24) is 20.0 Å². The van der Waals surface area contributed by atoms with Crippen molar-refractivity contribution in [2.75, 3.05) is 48.0 Å². The van der Waals surface area contributed by atoms with Gasteiger partial charge in [-0.2, -0.15) is 5.10 Å². The Hall–Kier alpha value is -1.11. The van der Waals surface area contributed by atoms with Crippen LogP contribution in [0.25, 0.3) is 0 Å². The second-order valence-corrected chi connectivity index (χ2v) is 5.37. The minimum absolute atomic E-state index is 0.182. The number of nitrogens with zero attached hydrogens (tertiary/aromatic N) is 3. The van der Waals surface area contributed by atoms with E-state index in [1.807, 2.05) is 11.7 Å². The summed E-state index contributed by atoms with van der Waals surface area (Å²) in [5.74, 6) is 0.837. The fraction of sp³-hybridized carbons (Fsp3) is 0.800. The SMILES string of the molecule is CCCOCCC(NC)c1c(OC)cnn1CCN(C)C. The number of rotatable bonds is 11. The molecule has 1 aromatic rings. The van der Waals surface area contributed by atoms with Crippen molar-refractivity contribution in [2.45, 2.75) is 32.4 Å². The Bertz CT molecular complexity index is 393. The molecule has 21 heavy (non-hydrogen) atoms. The Balaban J connectivity index is 2.76. The van der Waals surface area contributed by atoms with Crippen LogP contribution in [0.3, 0.4) is 0 Å². The molecule has 0 aliphatic carbocycles. The highest BCUT2D eigenvalue weighted by atomic mass is 16.5. The maximum absolute atomic E-state index is 5.61. The third kappa shape index (κ3) is 5.65. The summed E-state index contributed by atoms with van der Waals surface area (Å²) >= 11 is 0. The van der Waals surface area contributed by atoms with Gasteiger partial charge < -0.3 is 19.7 Å². The minimum atomic E-state index is 0.182. The first-order valence-corrected chi connectivity index (χ1v) is 7.63. The molecule has 0 aromatic carbocycles. The van der Waals surface area contributed by atoms with E-state index in [9.17, 15) is 0 Å². The first kappa shape index (κ1) is 17.9. The monoisotopic (exact) mass is 298 g/mol. The third-order valence-corrected chi connectivity index (χ3v) is 3.40. The fourth-order valence-corrected chi connectivity index (χ4v) is 2.22. The molecule has 1 aromatic heterocycles. The van der Waals surface area contributed by atoms with Crippen molar-refractivity contribution >= 4 is 0 Å². The van der Waals surface area contributed by atoms with Crippen LogP contribution in [0, 0.1) is 0 Å². The summed E-state index contributed by atoms with van der Waals surface area (Å²) in [6.07, 6.45) is 3.75. The maximum atomic E-state index is 5.61. The predicted molar refractivity (Wildman–Crippen MR) is 84.9 cm³/mol. The van der Waals surface area contributed by atoms with Gasteiger partial charge in [0.1, 0.15) is 0 Å². The quantitative estimate of drug-likeness (QED) is 0.628. The molecule has 1 rings (SSSR count). The van der Waals surface area contributed by atoms with Gasteiger partial charge in [0.05, 0.1) is 31.6 Å². The van der Waals surface area contributed by atoms with Crippen LogP contribution < -0.4 is 10.1 Å². The van der Waals surface area contributed by atoms with Gasteiger partial charge in [0.15, 0.2) is 5.75 Å². The molecule has 6 nitrogen and oxygen atoms in total. The minimum Gasteiger partial charge on any atom is -0.493 e. The third-order valence-electron chi connectivity index (χ3n) is 3.40. The Labute approximate surface area is 128 Å². The van der Waals surface area contributed by atoms with Gasteiger partial charge in [0, 0.05) is 19.8 Å². The molecule has 0 saturated heterocycles. The lowest BCUT2D eigenvalue weighted by Gasteiger charge is -2.20. The van der Waals surface area contributed by atoms with E-state index in [0.29, 0.717) is 0 Å². The summed E-state index contributed by atoms with van der Waals surface area (Å²) in [6.45, 7) is 5.46. The highest BCUT2D eigenvalue weighted by Crippen LogP contribution is 2.27. The second kappa shape index (κ2) is 9.76. The Morgan fingerprint density at radius 2 is 2.14 bits per heavy atom. The van der Waals surface area contributed by atoms with Gasteiger partial charge in [-0.25, -0.2) is 0 Å². The van der Waals surface area contributed by atoms with Crippen molar-refractivity contribution in [3.63, 3.8) is 0 Å². The topological polar surface area (TPSA) is 51.5 Å². The maximum Gasteiger partial charge on any atom is 0.161 e. The molecule has 1 N–H and O–H groups in total. The van der Waals surface area contributed by atoms with Crippen LogP contribution in [0.4, 0.5) is 0 Å². The van der Waals surface area contributed by atoms with Crippen molar-refractivity contribution < 1.29 is 9.47 Å². The second-order valence-electron chi connectivity index (χ2n) is 5.37. The highest BCUT2D eigenvalue weighted by Gasteiger charge is 2.20. The number of aromatic nitrogens is 2. The largest absolute Gasteiger partial charge is 0.493 e. The molecular formula is C15H30N4O2. The summed E-state index contributed by atoms with van der Waals surface area (Å²) < 4.78 is 13.1. The molecule has 0 amide bonds. The molecule has 0 spiro atoms. The Morgan fingerprint density at radius 3 is 2.71 bits per heavy atom. The summed E-state index contributed by atoms with van der Waals surface area (Å²) in [7, 11) is 7.79. The molecule has 0 aliphatic rings. The predicted octanol–water partition coefficient (Wildman–Crippen LogP) is 1.53. The van der Waals surface area contributed by atoms with Crippen LogP contribution in [-0.2, 0) is 11.3 Å². The smallest absolute Gasteiger partial charge is 0.161 e. The zero-order valence-corrected chi connectivity index (χ0v) is 14.1. The number of methoxy groups -OCH3 is 1. The molecule has 1 heterocycles. The zero-order valence-electron chi connectivity index (χ0n) is 14.1. The van der Waals surface area contributed by atoms with E-state index in [2.05, 4.69) is 36.3 Å². The molecule has 0 saturated carbocycles. The zero-order chi connectivity index (χ0) is 15.7. The summed E-state index contributed by atoms with van der Waals surface area (Å²) in [5.41, 5.74) is 1.10. The highest BCUT2D eigenvalue weighted by molar-refractivity contribution is 5.28. The Kier molecular flexibility index (Phi) is 8.34. The molecule has 0 aliphatic heterocycles. The van der Waals surface area contributed by atoms with E-state index in [0.717, 1.165) is 50.6 Å². The summed E-state index contributed by atoms with van der Waals surface area (Å²) in [4.78, 5) is 2.15. The van der Waals surface area contributed by atoms with Gasteiger partial charge in [-0.15, -0.1) is 0 Å². The molecule has 0 fully saturated rings. The van der Waals surface area contributed by atoms with Crippen LogP contribution >= 0.6 is 0 Å². The van der Waals surface area contributed by atoms with Crippen molar-refractivity contribution in [2.24, 2.45) is 0 Å². The van der Waals surface area contributed by atoms with Crippen LogP contribution in [0.15, 0.2) is 6.20 Å². The lowest BCUT2D eigenvalue weighted by atomic mass is 10.1. The lowest BCUT2D eigenvalue weighted by Crippen LogP contribution is -2.25. The number of hydrogen-bond donors (Lipinski definition) is 1. The van der Waals surface area contributed by atoms with Gasteiger partial charge in [0.2, 0.25) is 0 Å². The number of hydrogen-bond acceptors (Lipinski definition) is 5. The van der Waals surface area contributed by atoms with Gasteiger partial charge >= 0.3 is 0 Å². The van der Waals surface area contributed by atoms with E-state index in [1.165, 1.54) is 0 Å². The first-order chi connectivity index (χ1) is 10.1. The molecule has 1 atom stereocenters. The summed E-state index contributed by atoms with van der Waals surface area (Å²) in [6, 6.07) is 0.182. The molecular weight excluding hydrogens is 268 g/mol. The fourth-order valence-electron chi connectivity index (χ4n) is 2.22. The average Bonchev–Trinajstić information content (AvgIpc) is 2.88. The standard InChI is InChI=1S/C15H30N4O2/c1-6-10-21-11-7-13(16-2)15-14(20-5)12-17-19(15)9-8-18(3)4/h12-13,16H,6-11H2,1-5H3. The van der Waals surface area contributed by atoms with E-state index in [4.69, 9.17) is 9.47 Å². The van der Waals surface area contributed by atoms with Crippen LogP contribution in [-0.4, -0.2) is 62.7 Å². The van der Waals surface area contributed by atoms with Crippen molar-refractivity contribution in [3.8, 4) is 5.75 Å². The molecule has 0 bridgehead atoms. The van der Waals surface area contributed by atoms with Gasteiger partial charge in [-0.1, -0.05) is 6.92 Å². The Morgan fingerprint density at radius 1 is 1.38 bits per heavy atom. The number of ether oxygens (including phenoxy) is 2. The normalized spacial score (nSPS) is 12.9. The van der Waals surface area contributed by atoms with Crippen molar-refractivity contribution in [1.29, 1.82) is 0 Å². The summed E-state index contributed by atoms with van der Waals surface area (Å²) in [5, 5.41) is 7.81. The average molecular weight is 298 g/mol.